The predicted octanol–water partition coefficient (Wildman–Crippen LogP) is 1.06. The van der Waals surface area contributed by atoms with Crippen LogP contribution in [-0.4, -0.2) is 67.6 Å². The van der Waals surface area contributed by atoms with Crippen LogP contribution in [0.2, 0.25) is 0 Å². The second kappa shape index (κ2) is 8.38. The van der Waals surface area contributed by atoms with Crippen LogP contribution in [0.4, 0.5) is 4.39 Å². The van der Waals surface area contributed by atoms with E-state index >= 15 is 0 Å². The van der Waals surface area contributed by atoms with E-state index in [1.54, 1.807) is 6.07 Å². The molecule has 25 heavy (non-hydrogen) atoms. The molecule has 1 aromatic carbocycles. The maximum Gasteiger partial charge on any atom is 0.281 e. The Morgan fingerprint density at radius 2 is 2.00 bits per heavy atom. The van der Waals surface area contributed by atoms with Gasteiger partial charge in [0.15, 0.2) is 0 Å². The smallest absolute Gasteiger partial charge is 0.281 e. The Bertz CT molecular complexity index is 763. The number of carbonyl (C=O) groups is 1. The van der Waals surface area contributed by atoms with Gasteiger partial charge in [0, 0.05) is 46.2 Å². The van der Waals surface area contributed by atoms with Crippen LogP contribution >= 0.6 is 0 Å². The van der Waals surface area contributed by atoms with Crippen LogP contribution in [0.25, 0.3) is 0 Å². The van der Waals surface area contributed by atoms with E-state index in [4.69, 9.17) is 5.26 Å². The quantitative estimate of drug-likeness (QED) is 0.778. The number of benzene rings is 1. The Morgan fingerprint density at radius 1 is 1.28 bits per heavy atom. The maximum absolute atomic E-state index is 13.8. The van der Waals surface area contributed by atoms with Gasteiger partial charge in [0.1, 0.15) is 5.82 Å². The van der Waals surface area contributed by atoms with Gasteiger partial charge in [0.2, 0.25) is 0 Å². The summed E-state index contributed by atoms with van der Waals surface area (Å²) < 4.78 is 41.3. The molecular formula is C16H21FN4O3S. The summed E-state index contributed by atoms with van der Waals surface area (Å²) >= 11 is 0. The van der Waals surface area contributed by atoms with Crippen molar-refractivity contribution in [2.24, 2.45) is 0 Å². The molecule has 1 amide bonds. The van der Waals surface area contributed by atoms with Crippen molar-refractivity contribution in [2.45, 2.75) is 12.8 Å². The molecule has 0 spiro atoms. The van der Waals surface area contributed by atoms with Gasteiger partial charge in [0.05, 0.1) is 11.6 Å². The second-order valence-corrected chi connectivity index (χ2v) is 7.80. The Kier molecular flexibility index (Phi) is 6.47. The van der Waals surface area contributed by atoms with E-state index < -0.39 is 21.9 Å². The molecule has 0 bridgehead atoms. The van der Waals surface area contributed by atoms with Gasteiger partial charge in [-0.1, -0.05) is 12.1 Å². The van der Waals surface area contributed by atoms with Crippen LogP contribution in [-0.2, 0) is 10.2 Å². The molecule has 0 atom stereocenters. The molecule has 9 heteroatoms. The minimum Gasteiger partial charge on any atom is -0.337 e. The minimum atomic E-state index is -3.68. The van der Waals surface area contributed by atoms with Crippen LogP contribution in [0.15, 0.2) is 24.3 Å². The first-order valence-electron chi connectivity index (χ1n) is 8.00. The maximum atomic E-state index is 13.8. The molecule has 1 fully saturated rings. The van der Waals surface area contributed by atoms with Crippen LogP contribution in [0, 0.1) is 17.1 Å². The van der Waals surface area contributed by atoms with E-state index in [1.165, 1.54) is 34.5 Å². The molecule has 0 unspecified atom stereocenters. The van der Waals surface area contributed by atoms with Crippen molar-refractivity contribution < 1.29 is 17.6 Å². The molecule has 2 rings (SSSR count). The molecule has 1 aliphatic rings. The lowest BCUT2D eigenvalue weighted by Gasteiger charge is -2.26. The summed E-state index contributed by atoms with van der Waals surface area (Å²) in [4.78, 5) is 14.0. The number of hydrogen-bond acceptors (Lipinski definition) is 4. The number of nitriles is 1. The van der Waals surface area contributed by atoms with Gasteiger partial charge in [-0.3, -0.25) is 4.79 Å². The highest BCUT2D eigenvalue weighted by Gasteiger charge is 2.30. The zero-order valence-corrected chi connectivity index (χ0v) is 14.9. The number of halogens is 1. The third-order valence-corrected chi connectivity index (χ3v) is 6.09. The second-order valence-electron chi connectivity index (χ2n) is 5.76. The first-order chi connectivity index (χ1) is 11.9. The van der Waals surface area contributed by atoms with E-state index in [-0.39, 0.29) is 38.2 Å². The largest absolute Gasteiger partial charge is 0.337 e. The van der Waals surface area contributed by atoms with Crippen molar-refractivity contribution in [1.82, 2.24) is 13.5 Å². The van der Waals surface area contributed by atoms with E-state index in [9.17, 15) is 17.6 Å². The van der Waals surface area contributed by atoms with E-state index in [2.05, 4.69) is 0 Å². The Labute approximate surface area is 147 Å². The lowest BCUT2D eigenvalue weighted by molar-refractivity contribution is 0.0759. The van der Waals surface area contributed by atoms with E-state index in [0.29, 0.717) is 13.0 Å². The average Bonchev–Trinajstić information content (AvgIpc) is 2.86. The fraction of sp³-hybridized carbons (Fsp3) is 0.500. The molecule has 7 nitrogen and oxygen atoms in total. The molecule has 1 saturated heterocycles. The van der Waals surface area contributed by atoms with Gasteiger partial charge < -0.3 is 4.90 Å². The van der Waals surface area contributed by atoms with E-state index in [1.807, 2.05) is 6.07 Å². The van der Waals surface area contributed by atoms with Gasteiger partial charge >= 0.3 is 0 Å². The number of nitrogens with zero attached hydrogens (tertiary/aromatic N) is 4. The zero-order chi connectivity index (χ0) is 18.4. The summed E-state index contributed by atoms with van der Waals surface area (Å²) in [6.45, 7) is 1.09. The molecule has 136 valence electrons. The summed E-state index contributed by atoms with van der Waals surface area (Å²) in [6.07, 6.45) is 0.576. The highest BCUT2D eigenvalue weighted by molar-refractivity contribution is 7.86. The first kappa shape index (κ1) is 19.3. The van der Waals surface area contributed by atoms with Crippen molar-refractivity contribution in [3.63, 3.8) is 0 Å². The number of hydrogen-bond donors (Lipinski definition) is 0. The third kappa shape index (κ3) is 4.54. The Balaban J connectivity index is 2.06. The highest BCUT2D eigenvalue weighted by atomic mass is 32.2. The molecular weight excluding hydrogens is 347 g/mol. The normalized spacial score (nSPS) is 16.5. The summed E-state index contributed by atoms with van der Waals surface area (Å²) in [5.74, 6) is -1.02. The molecule has 0 radical (unpaired) electrons. The van der Waals surface area contributed by atoms with Crippen molar-refractivity contribution in [3.05, 3.63) is 35.6 Å². The summed E-state index contributed by atoms with van der Waals surface area (Å²) in [5.41, 5.74) is -0.00931. The SMILES string of the molecule is CN(CCC#N)S(=O)(=O)N1CCCN(C(=O)c2ccccc2F)CC1. The standard InChI is InChI=1S/C16H21FN4O3S/c1-19(9-4-8-18)25(23,24)21-11-5-10-20(12-13-21)16(22)14-6-2-3-7-15(14)17/h2-3,6-7H,4-5,9-13H2,1H3. The van der Waals surface area contributed by atoms with Crippen molar-refractivity contribution in [1.29, 1.82) is 5.26 Å². The molecule has 0 N–H and O–H groups in total. The number of carbonyl (C=O) groups excluding carboxylic acids is 1. The van der Waals surface area contributed by atoms with Crippen molar-refractivity contribution in [2.75, 3.05) is 39.8 Å². The van der Waals surface area contributed by atoms with Gasteiger partial charge in [-0.05, 0) is 18.6 Å². The van der Waals surface area contributed by atoms with Gasteiger partial charge in [-0.15, -0.1) is 0 Å². The lowest BCUT2D eigenvalue weighted by atomic mass is 10.2. The monoisotopic (exact) mass is 368 g/mol. The topological polar surface area (TPSA) is 84.7 Å². The molecule has 1 aromatic rings. The van der Waals surface area contributed by atoms with Gasteiger partial charge in [-0.25, -0.2) is 4.39 Å². The van der Waals surface area contributed by atoms with Crippen molar-refractivity contribution in [3.8, 4) is 6.07 Å². The van der Waals surface area contributed by atoms with Crippen LogP contribution in [0.3, 0.4) is 0 Å². The Hall–Kier alpha value is -2.02. The number of rotatable bonds is 5. The first-order valence-corrected chi connectivity index (χ1v) is 9.40. The van der Waals surface area contributed by atoms with Crippen LogP contribution in [0.1, 0.15) is 23.2 Å². The molecule has 1 heterocycles. The fourth-order valence-corrected chi connectivity index (χ4v) is 4.04. The zero-order valence-electron chi connectivity index (χ0n) is 14.1. The summed E-state index contributed by atoms with van der Waals surface area (Å²) in [5, 5.41) is 8.60. The average molecular weight is 368 g/mol. The predicted molar refractivity (Wildman–Crippen MR) is 90.3 cm³/mol. The summed E-state index contributed by atoms with van der Waals surface area (Å²) in [6, 6.07) is 7.68. The van der Waals surface area contributed by atoms with Gasteiger partial charge in [0.25, 0.3) is 16.1 Å². The third-order valence-electron chi connectivity index (χ3n) is 4.10. The fourth-order valence-electron chi connectivity index (χ4n) is 2.65. The molecule has 0 saturated carbocycles. The number of amides is 1. The van der Waals surface area contributed by atoms with Crippen molar-refractivity contribution >= 4 is 16.1 Å². The highest BCUT2D eigenvalue weighted by Crippen LogP contribution is 2.15. The van der Waals surface area contributed by atoms with Crippen LogP contribution < -0.4 is 0 Å². The van der Waals surface area contributed by atoms with E-state index in [0.717, 1.165) is 4.31 Å². The Morgan fingerprint density at radius 3 is 2.68 bits per heavy atom. The van der Waals surface area contributed by atoms with Gasteiger partial charge in [-0.2, -0.15) is 22.3 Å². The minimum absolute atomic E-state index is 0.00931. The molecule has 0 aromatic heterocycles. The lowest BCUT2D eigenvalue weighted by Crippen LogP contribution is -2.44. The molecule has 0 aliphatic carbocycles. The summed E-state index contributed by atoms with van der Waals surface area (Å²) in [7, 11) is -2.25. The molecule has 1 aliphatic heterocycles. The van der Waals surface area contributed by atoms with Crippen LogP contribution in [0.5, 0.6) is 0 Å².